The molecule has 0 fully saturated rings. The molecule has 0 aliphatic carbocycles. The summed E-state index contributed by atoms with van der Waals surface area (Å²) in [4.78, 5) is 12.1. The van der Waals surface area contributed by atoms with E-state index in [1.54, 1.807) is 0 Å². The van der Waals surface area contributed by atoms with E-state index in [9.17, 15) is 9.90 Å². The summed E-state index contributed by atoms with van der Waals surface area (Å²) in [5.41, 5.74) is 0. The molecule has 0 bridgehead atoms. The van der Waals surface area contributed by atoms with Crippen molar-refractivity contribution in [1.82, 2.24) is 0 Å². The normalized spacial score (nSPS) is 13.3. The topological polar surface area (TPSA) is 55.8 Å². The van der Waals surface area contributed by atoms with Gasteiger partial charge in [-0.2, -0.15) is 0 Å². The summed E-state index contributed by atoms with van der Waals surface area (Å²) in [7, 11) is 0. The Morgan fingerprint density at radius 2 is 1.07 bits per heavy atom. The molecular formula is C38H64O4. The van der Waals surface area contributed by atoms with Gasteiger partial charge in [-0.15, -0.1) is 0 Å². The number of carbonyl (C=O) groups excluding carboxylic acids is 1. The van der Waals surface area contributed by atoms with Gasteiger partial charge in [-0.1, -0.05) is 132 Å². The molecule has 0 saturated heterocycles. The highest BCUT2D eigenvalue weighted by Crippen LogP contribution is 2.10. The Kier molecular flexibility index (Phi) is 33.2. The molecule has 0 spiro atoms. The standard InChI is InChI=1S/C38H64O4/c1-3-5-7-9-11-13-15-17-19-20-22-24-26-28-30-32-34-41-36-37(35-39)42-38(40)33-31-29-27-25-23-21-18-16-14-12-10-8-6-4-2/h5,7,11,13,16-19,22,24,28,30,37,39H,3-4,6,8-10,12,14-15,20-21,23,25-27,29,31-36H2,1-2H3/b7-5-,13-11-,18-16-,19-17-,24-22-,30-28-. The maximum atomic E-state index is 12.1. The second kappa shape index (κ2) is 35.0. The van der Waals surface area contributed by atoms with Gasteiger partial charge in [0.25, 0.3) is 0 Å². The molecule has 4 heteroatoms. The number of aliphatic hydroxyl groups is 1. The Hall–Kier alpha value is -2.17. The van der Waals surface area contributed by atoms with Crippen LogP contribution in [0.5, 0.6) is 0 Å². The van der Waals surface area contributed by atoms with E-state index >= 15 is 0 Å². The van der Waals surface area contributed by atoms with Crippen molar-refractivity contribution < 1.29 is 19.4 Å². The number of hydrogen-bond donors (Lipinski definition) is 1. The number of rotatable bonds is 30. The zero-order valence-corrected chi connectivity index (χ0v) is 27.2. The van der Waals surface area contributed by atoms with E-state index in [-0.39, 0.29) is 19.2 Å². The highest BCUT2D eigenvalue weighted by Gasteiger charge is 2.13. The predicted octanol–water partition coefficient (Wildman–Crippen LogP) is 10.7. The molecule has 4 nitrogen and oxygen atoms in total. The van der Waals surface area contributed by atoms with Gasteiger partial charge in [-0.05, 0) is 70.6 Å². The fraction of sp³-hybridized carbons (Fsp3) is 0.658. The van der Waals surface area contributed by atoms with Gasteiger partial charge >= 0.3 is 5.97 Å². The molecule has 0 aromatic carbocycles. The molecule has 1 N–H and O–H groups in total. The summed E-state index contributed by atoms with van der Waals surface area (Å²) in [6.07, 6.45) is 46.7. The Morgan fingerprint density at radius 3 is 1.62 bits per heavy atom. The van der Waals surface area contributed by atoms with Crippen LogP contribution in [0.2, 0.25) is 0 Å². The van der Waals surface area contributed by atoms with Gasteiger partial charge in [0.1, 0.15) is 6.10 Å². The van der Waals surface area contributed by atoms with Crippen LogP contribution in [0.25, 0.3) is 0 Å². The maximum absolute atomic E-state index is 12.1. The number of hydrogen-bond acceptors (Lipinski definition) is 4. The molecular weight excluding hydrogens is 520 g/mol. The third-order valence-corrected chi connectivity index (χ3v) is 6.78. The molecule has 0 amide bonds. The second-order valence-corrected chi connectivity index (χ2v) is 10.8. The Labute approximate surface area is 259 Å². The Morgan fingerprint density at radius 1 is 0.595 bits per heavy atom. The van der Waals surface area contributed by atoms with Crippen LogP contribution in [0.1, 0.15) is 136 Å². The number of allylic oxidation sites excluding steroid dienone is 11. The minimum Gasteiger partial charge on any atom is -0.457 e. The van der Waals surface area contributed by atoms with Crippen LogP contribution in [0, 0.1) is 0 Å². The van der Waals surface area contributed by atoms with Gasteiger partial charge in [0.2, 0.25) is 0 Å². The van der Waals surface area contributed by atoms with Crippen molar-refractivity contribution >= 4 is 5.97 Å². The summed E-state index contributed by atoms with van der Waals surface area (Å²) < 4.78 is 11.0. The van der Waals surface area contributed by atoms with Crippen molar-refractivity contribution in [1.29, 1.82) is 0 Å². The van der Waals surface area contributed by atoms with E-state index in [2.05, 4.69) is 86.8 Å². The number of unbranched alkanes of at least 4 members (excludes halogenated alkanes) is 10. The predicted molar refractivity (Wildman–Crippen MR) is 182 cm³/mol. The number of ether oxygens (including phenoxy) is 2. The van der Waals surface area contributed by atoms with Gasteiger partial charge < -0.3 is 14.6 Å². The highest BCUT2D eigenvalue weighted by atomic mass is 16.6. The van der Waals surface area contributed by atoms with E-state index in [4.69, 9.17) is 9.47 Å². The molecule has 0 saturated carbocycles. The molecule has 0 rings (SSSR count). The maximum Gasteiger partial charge on any atom is 0.306 e. The molecule has 0 radical (unpaired) electrons. The lowest BCUT2D eigenvalue weighted by atomic mass is 10.1. The first-order valence-corrected chi connectivity index (χ1v) is 17.0. The van der Waals surface area contributed by atoms with Crippen LogP contribution < -0.4 is 0 Å². The van der Waals surface area contributed by atoms with E-state index < -0.39 is 6.10 Å². The SMILES string of the molecule is CC/C=C\C/C=C\C/C=C\C/C=C\C/C=C\CCOCC(CO)OC(=O)CCCCCCC/C=C\CCCCCCC. The minimum absolute atomic E-state index is 0.209. The lowest BCUT2D eigenvalue weighted by molar-refractivity contribution is -0.154. The van der Waals surface area contributed by atoms with E-state index in [0.29, 0.717) is 13.0 Å². The summed E-state index contributed by atoms with van der Waals surface area (Å²) in [6.45, 7) is 4.98. The summed E-state index contributed by atoms with van der Waals surface area (Å²) in [5, 5.41) is 9.52. The first kappa shape index (κ1) is 39.8. The van der Waals surface area contributed by atoms with Crippen molar-refractivity contribution in [3.63, 3.8) is 0 Å². The fourth-order valence-electron chi connectivity index (χ4n) is 4.27. The molecule has 0 aliphatic heterocycles. The van der Waals surface area contributed by atoms with E-state index in [1.807, 2.05) is 0 Å². The zero-order valence-electron chi connectivity index (χ0n) is 27.2. The molecule has 0 heterocycles. The fourth-order valence-corrected chi connectivity index (χ4v) is 4.27. The Bertz CT molecular complexity index is 744. The van der Waals surface area contributed by atoms with Gasteiger partial charge in [0.15, 0.2) is 0 Å². The average molecular weight is 585 g/mol. The molecule has 0 aromatic rings. The summed E-state index contributed by atoms with van der Waals surface area (Å²) in [6, 6.07) is 0. The smallest absolute Gasteiger partial charge is 0.306 e. The van der Waals surface area contributed by atoms with E-state index in [1.165, 1.54) is 51.4 Å². The monoisotopic (exact) mass is 584 g/mol. The van der Waals surface area contributed by atoms with Crippen LogP contribution in [0.3, 0.4) is 0 Å². The molecule has 1 atom stereocenters. The lowest BCUT2D eigenvalue weighted by Gasteiger charge is -2.15. The number of esters is 1. The van der Waals surface area contributed by atoms with Crippen LogP contribution in [0.15, 0.2) is 72.9 Å². The number of aliphatic hydroxyl groups excluding tert-OH is 1. The largest absolute Gasteiger partial charge is 0.457 e. The third kappa shape index (κ3) is 32.3. The summed E-state index contributed by atoms with van der Waals surface area (Å²) >= 11 is 0. The molecule has 1 unspecified atom stereocenters. The Balaban J connectivity index is 3.63. The summed E-state index contributed by atoms with van der Waals surface area (Å²) in [5.74, 6) is -0.239. The van der Waals surface area contributed by atoms with Crippen molar-refractivity contribution in [3.05, 3.63) is 72.9 Å². The van der Waals surface area contributed by atoms with Gasteiger partial charge in [-0.25, -0.2) is 0 Å². The van der Waals surface area contributed by atoms with Crippen molar-refractivity contribution in [2.24, 2.45) is 0 Å². The quantitative estimate of drug-likeness (QED) is 0.0518. The average Bonchev–Trinajstić information content (AvgIpc) is 3.00. The van der Waals surface area contributed by atoms with E-state index in [0.717, 1.165) is 64.2 Å². The van der Waals surface area contributed by atoms with Crippen LogP contribution >= 0.6 is 0 Å². The zero-order chi connectivity index (χ0) is 30.6. The minimum atomic E-state index is -0.579. The van der Waals surface area contributed by atoms with Crippen LogP contribution in [0.4, 0.5) is 0 Å². The van der Waals surface area contributed by atoms with Crippen LogP contribution in [-0.4, -0.2) is 37.0 Å². The third-order valence-electron chi connectivity index (χ3n) is 6.78. The van der Waals surface area contributed by atoms with Crippen molar-refractivity contribution in [2.75, 3.05) is 19.8 Å². The molecule has 42 heavy (non-hydrogen) atoms. The first-order valence-electron chi connectivity index (χ1n) is 17.0. The van der Waals surface area contributed by atoms with Crippen molar-refractivity contribution in [3.8, 4) is 0 Å². The number of carbonyl (C=O) groups is 1. The van der Waals surface area contributed by atoms with Crippen LogP contribution in [-0.2, 0) is 14.3 Å². The second-order valence-electron chi connectivity index (χ2n) is 10.8. The van der Waals surface area contributed by atoms with Gasteiger partial charge in [0, 0.05) is 6.42 Å². The molecule has 0 aromatic heterocycles. The first-order chi connectivity index (χ1) is 20.7. The lowest BCUT2D eigenvalue weighted by Crippen LogP contribution is -2.27. The molecule has 0 aliphatic rings. The van der Waals surface area contributed by atoms with Gasteiger partial charge in [-0.3, -0.25) is 4.79 Å². The van der Waals surface area contributed by atoms with Crippen molar-refractivity contribution in [2.45, 2.75) is 142 Å². The highest BCUT2D eigenvalue weighted by molar-refractivity contribution is 5.69. The molecule has 240 valence electrons. The van der Waals surface area contributed by atoms with Gasteiger partial charge in [0.05, 0.1) is 19.8 Å².